The maximum absolute atomic E-state index is 9.29. The van der Waals surface area contributed by atoms with E-state index in [9.17, 15) is 5.11 Å². The zero-order chi connectivity index (χ0) is 9.84. The fraction of sp³-hybridized carbons (Fsp3) is 0.200. The number of hydrogen-bond donors (Lipinski definition) is 1. The van der Waals surface area contributed by atoms with Gasteiger partial charge in [-0.15, -0.1) is 0 Å². The number of aromatic hydroxyl groups is 1. The van der Waals surface area contributed by atoms with Crippen molar-refractivity contribution >= 4 is 5.65 Å². The Morgan fingerprint density at radius 2 is 1.93 bits per heavy atom. The molecule has 2 aromatic rings. The monoisotopic (exact) mass is 505 g/mol. The third kappa shape index (κ3) is 4.11. The van der Waals surface area contributed by atoms with E-state index in [0.29, 0.717) is 0 Å². The SMILES string of the molecule is CC.[CH2-][n+]1cc(O)n2ccccc21.[U].[Y]. The summed E-state index contributed by atoms with van der Waals surface area (Å²) in [6.07, 6.45) is 3.35. The summed E-state index contributed by atoms with van der Waals surface area (Å²) in [6, 6.07) is 5.63. The summed E-state index contributed by atoms with van der Waals surface area (Å²) in [5, 5.41) is 9.29. The van der Waals surface area contributed by atoms with E-state index < -0.39 is 0 Å². The number of aromatic nitrogens is 2. The number of rotatable bonds is 0. The van der Waals surface area contributed by atoms with Crippen molar-refractivity contribution in [2.75, 3.05) is 0 Å². The summed E-state index contributed by atoms with van der Waals surface area (Å²) in [5.41, 5.74) is 0.866. The zero-order valence-corrected chi connectivity index (χ0v) is 16.0. The van der Waals surface area contributed by atoms with Gasteiger partial charge in [0.2, 0.25) is 0 Å². The van der Waals surface area contributed by atoms with Gasteiger partial charge in [-0.05, 0) is 19.2 Å². The predicted octanol–water partition coefficient (Wildman–Crippen LogP) is 1.60. The first-order valence-electron chi connectivity index (χ1n) is 4.30. The Labute approximate surface area is 139 Å². The predicted molar refractivity (Wildman–Crippen MR) is 51.4 cm³/mol. The third-order valence-electron chi connectivity index (χ3n) is 1.65. The van der Waals surface area contributed by atoms with Crippen molar-refractivity contribution in [1.82, 2.24) is 4.40 Å². The number of nitrogens with zero attached hydrogens (tertiary/aromatic N) is 2. The van der Waals surface area contributed by atoms with E-state index in [1.165, 1.54) is 0 Å². The molecular formula is C10H14N2OUY. The number of hydrogen-bond acceptors (Lipinski definition) is 1. The smallest absolute Gasteiger partial charge is 0.256 e. The molecule has 0 atom stereocenters. The van der Waals surface area contributed by atoms with Gasteiger partial charge in [-0.2, -0.15) is 0 Å². The molecule has 0 fully saturated rings. The Balaban J connectivity index is 0. The topological polar surface area (TPSA) is 28.5 Å². The molecule has 0 saturated carbocycles. The second kappa shape index (κ2) is 8.64. The maximum Gasteiger partial charge on any atom is 0.256 e. The number of fused-ring (bicyclic) bond motifs is 1. The quantitative estimate of drug-likeness (QED) is 0.428. The molecule has 2 rings (SSSR count). The zero-order valence-electron chi connectivity index (χ0n) is 9.01. The van der Waals surface area contributed by atoms with Crippen molar-refractivity contribution < 1.29 is 73.5 Å². The molecule has 0 aliphatic heterocycles. The van der Waals surface area contributed by atoms with Crippen molar-refractivity contribution in [1.29, 1.82) is 0 Å². The molecule has 0 aliphatic rings. The van der Waals surface area contributed by atoms with E-state index >= 15 is 0 Å². The van der Waals surface area contributed by atoms with Crippen LogP contribution in [0.15, 0.2) is 30.6 Å². The number of pyridine rings is 1. The largest absolute Gasteiger partial charge is 0.485 e. The van der Waals surface area contributed by atoms with Crippen LogP contribution in [-0.4, -0.2) is 9.51 Å². The van der Waals surface area contributed by atoms with E-state index in [1.807, 2.05) is 32.0 Å². The van der Waals surface area contributed by atoms with Gasteiger partial charge in [0.15, 0.2) is 5.65 Å². The van der Waals surface area contributed by atoms with E-state index in [0.717, 1.165) is 5.65 Å². The molecule has 0 aromatic carbocycles. The molecule has 2 heterocycles. The second-order valence-electron chi connectivity index (χ2n) is 2.39. The fourth-order valence-corrected chi connectivity index (χ4v) is 1.13. The van der Waals surface area contributed by atoms with Crippen LogP contribution in [-0.2, 0) is 32.7 Å². The molecule has 5 heteroatoms. The summed E-state index contributed by atoms with van der Waals surface area (Å²) >= 11 is 0. The van der Waals surface area contributed by atoms with Gasteiger partial charge in [0, 0.05) is 63.8 Å². The summed E-state index contributed by atoms with van der Waals surface area (Å²) in [6.45, 7) is 4.00. The molecule has 77 valence electrons. The summed E-state index contributed by atoms with van der Waals surface area (Å²) in [5.74, 6) is 0.204. The van der Waals surface area contributed by atoms with Crippen LogP contribution in [0.5, 0.6) is 5.88 Å². The van der Waals surface area contributed by atoms with Gasteiger partial charge in [-0.25, -0.2) is 4.40 Å². The molecule has 1 N–H and O–H groups in total. The van der Waals surface area contributed by atoms with Crippen LogP contribution in [0.1, 0.15) is 13.8 Å². The third-order valence-corrected chi connectivity index (χ3v) is 1.65. The van der Waals surface area contributed by atoms with Gasteiger partial charge < -0.3 is 9.67 Å². The minimum Gasteiger partial charge on any atom is -0.485 e. The van der Waals surface area contributed by atoms with E-state index in [2.05, 4.69) is 7.05 Å². The van der Waals surface area contributed by atoms with Gasteiger partial charge >= 0.3 is 0 Å². The molecular weight excluding hydrogens is 491 g/mol. The second-order valence-corrected chi connectivity index (χ2v) is 2.39. The maximum atomic E-state index is 9.29. The Morgan fingerprint density at radius 1 is 1.33 bits per heavy atom. The number of imidazole rings is 1. The van der Waals surface area contributed by atoms with Crippen LogP contribution in [0.4, 0.5) is 0 Å². The minimum atomic E-state index is 0. The van der Waals surface area contributed by atoms with E-state index in [4.69, 9.17) is 0 Å². The molecule has 0 bridgehead atoms. The Hall–Kier alpha value is 0.516. The van der Waals surface area contributed by atoms with Crippen LogP contribution in [0.3, 0.4) is 0 Å². The fourth-order valence-electron chi connectivity index (χ4n) is 1.13. The van der Waals surface area contributed by atoms with E-state index in [1.54, 1.807) is 21.4 Å². The average molecular weight is 505 g/mol. The van der Waals surface area contributed by atoms with Crippen molar-refractivity contribution in [3.05, 3.63) is 37.6 Å². The van der Waals surface area contributed by atoms with Crippen molar-refractivity contribution in [3.8, 4) is 5.88 Å². The molecule has 0 unspecified atom stereocenters. The first kappa shape index (κ1) is 17.9. The van der Waals surface area contributed by atoms with Crippen LogP contribution >= 0.6 is 0 Å². The Kier molecular flexibility index (Phi) is 10.3. The molecule has 2 aromatic heterocycles. The van der Waals surface area contributed by atoms with Gasteiger partial charge in [0.1, 0.15) is 0 Å². The van der Waals surface area contributed by atoms with Gasteiger partial charge in [-0.1, -0.05) is 19.9 Å². The van der Waals surface area contributed by atoms with Gasteiger partial charge in [0.25, 0.3) is 5.88 Å². The summed E-state index contributed by atoms with van der Waals surface area (Å²) in [4.78, 5) is 0. The normalized spacial score (nSPS) is 8.13. The molecule has 15 heavy (non-hydrogen) atoms. The van der Waals surface area contributed by atoms with Crippen LogP contribution < -0.4 is 4.57 Å². The molecule has 0 spiro atoms. The first-order chi connectivity index (χ1) is 6.29. The molecule has 3 nitrogen and oxygen atoms in total. The molecule has 1 radical (unpaired) electrons. The summed E-state index contributed by atoms with van der Waals surface area (Å²) < 4.78 is 3.28. The van der Waals surface area contributed by atoms with E-state index in [-0.39, 0.29) is 69.7 Å². The van der Waals surface area contributed by atoms with Crippen molar-refractivity contribution in [2.24, 2.45) is 0 Å². The minimum absolute atomic E-state index is 0. The van der Waals surface area contributed by atoms with Crippen LogP contribution in [0.2, 0.25) is 0 Å². The van der Waals surface area contributed by atoms with Crippen LogP contribution in [0, 0.1) is 38.2 Å². The average Bonchev–Trinajstić information content (AvgIpc) is 2.47. The van der Waals surface area contributed by atoms with Crippen molar-refractivity contribution in [2.45, 2.75) is 13.8 Å². The molecule has 0 saturated heterocycles. The molecule has 0 aliphatic carbocycles. The first-order valence-corrected chi connectivity index (χ1v) is 4.30. The van der Waals surface area contributed by atoms with Gasteiger partial charge in [-0.3, -0.25) is 0 Å². The Bertz CT molecular complexity index is 367. The van der Waals surface area contributed by atoms with Crippen LogP contribution in [0.25, 0.3) is 5.65 Å². The van der Waals surface area contributed by atoms with Gasteiger partial charge in [0.05, 0.1) is 12.4 Å². The summed E-state index contributed by atoms with van der Waals surface area (Å²) in [7, 11) is 3.71. The standard InChI is InChI=1S/C8H8N2O.C2H6.U.Y/c1-9-6-8(11)10-5-3-2-4-7(9)10;1-2;;/h2-6,11H,1H2;1-2H3;;. The van der Waals surface area contributed by atoms with Crippen molar-refractivity contribution in [3.63, 3.8) is 0 Å². The molecule has 0 amide bonds. The Morgan fingerprint density at radius 3 is 2.47 bits per heavy atom.